The van der Waals surface area contributed by atoms with Gasteiger partial charge in [0.05, 0.1) is 13.2 Å². The van der Waals surface area contributed by atoms with E-state index in [4.69, 9.17) is 18.9 Å². The molecule has 16 heavy (non-hydrogen) atoms. The van der Waals surface area contributed by atoms with Crippen LogP contribution in [0.2, 0.25) is 0 Å². The molecule has 2 fully saturated rings. The zero-order valence-electron chi connectivity index (χ0n) is 8.74. The number of hydrogen-bond donors (Lipinski definition) is 2. The van der Waals surface area contributed by atoms with Crippen LogP contribution in [0, 0.1) is 0 Å². The minimum Gasteiger partial charge on any atom is -0.462 e. The second-order valence-electron chi connectivity index (χ2n) is 3.58. The number of carbonyl (C=O) groups excluding carboxylic acids is 1. The van der Waals surface area contributed by atoms with Crippen LogP contribution in [0.25, 0.3) is 0 Å². The molecule has 0 bridgehead atoms. The minimum atomic E-state index is -1.20. The maximum atomic E-state index is 11.3. The van der Waals surface area contributed by atoms with Crippen molar-refractivity contribution < 1.29 is 34.0 Å². The number of aliphatic hydroxyl groups excluding tert-OH is 2. The first kappa shape index (κ1) is 11.7. The SMILES string of the molecule is CCOC(=O)C1OC2OCC(O)C(O)C2O1. The Kier molecular flexibility index (Phi) is 3.41. The van der Waals surface area contributed by atoms with E-state index in [9.17, 15) is 15.0 Å². The van der Waals surface area contributed by atoms with Gasteiger partial charge in [-0.3, -0.25) is 0 Å². The van der Waals surface area contributed by atoms with E-state index in [1.807, 2.05) is 0 Å². The number of hydrogen-bond acceptors (Lipinski definition) is 7. The summed E-state index contributed by atoms with van der Waals surface area (Å²) in [6.45, 7) is 1.82. The second-order valence-corrected chi connectivity index (χ2v) is 3.58. The number of esters is 1. The molecule has 5 atom stereocenters. The lowest BCUT2D eigenvalue weighted by Crippen LogP contribution is -2.51. The van der Waals surface area contributed by atoms with E-state index >= 15 is 0 Å². The quantitative estimate of drug-likeness (QED) is 0.554. The van der Waals surface area contributed by atoms with E-state index in [0.29, 0.717) is 0 Å². The first-order chi connectivity index (χ1) is 7.63. The molecule has 0 aliphatic carbocycles. The number of fused-ring (bicyclic) bond motifs is 1. The highest BCUT2D eigenvalue weighted by molar-refractivity contribution is 5.73. The highest BCUT2D eigenvalue weighted by Crippen LogP contribution is 2.28. The van der Waals surface area contributed by atoms with Gasteiger partial charge in [0, 0.05) is 0 Å². The van der Waals surface area contributed by atoms with Gasteiger partial charge in [0.2, 0.25) is 0 Å². The van der Waals surface area contributed by atoms with Gasteiger partial charge in [-0.1, -0.05) is 0 Å². The Morgan fingerprint density at radius 1 is 1.44 bits per heavy atom. The molecule has 0 spiro atoms. The van der Waals surface area contributed by atoms with Gasteiger partial charge in [0.1, 0.15) is 18.3 Å². The van der Waals surface area contributed by atoms with Crippen LogP contribution < -0.4 is 0 Å². The molecule has 2 saturated heterocycles. The summed E-state index contributed by atoms with van der Waals surface area (Å²) in [6, 6.07) is 0. The van der Waals surface area contributed by atoms with Crippen molar-refractivity contribution in [2.45, 2.75) is 37.8 Å². The summed E-state index contributed by atoms with van der Waals surface area (Å²) in [6.07, 6.45) is -5.06. The fourth-order valence-electron chi connectivity index (χ4n) is 1.65. The van der Waals surface area contributed by atoms with E-state index in [2.05, 4.69) is 0 Å². The van der Waals surface area contributed by atoms with Crippen LogP contribution in [0.3, 0.4) is 0 Å². The number of carbonyl (C=O) groups is 1. The summed E-state index contributed by atoms with van der Waals surface area (Å²) < 4.78 is 20.0. The maximum absolute atomic E-state index is 11.3. The zero-order chi connectivity index (χ0) is 11.7. The molecule has 0 radical (unpaired) electrons. The van der Waals surface area contributed by atoms with Crippen molar-refractivity contribution in [2.24, 2.45) is 0 Å². The molecule has 92 valence electrons. The van der Waals surface area contributed by atoms with Crippen LogP contribution in [-0.4, -0.2) is 60.3 Å². The fraction of sp³-hybridized carbons (Fsp3) is 0.889. The van der Waals surface area contributed by atoms with Crippen LogP contribution in [0.5, 0.6) is 0 Å². The van der Waals surface area contributed by atoms with Crippen molar-refractivity contribution >= 4 is 5.97 Å². The summed E-state index contributed by atoms with van der Waals surface area (Å²) >= 11 is 0. The van der Waals surface area contributed by atoms with Crippen molar-refractivity contribution in [3.05, 3.63) is 0 Å². The molecule has 2 heterocycles. The molecule has 5 unspecified atom stereocenters. The molecule has 2 N–H and O–H groups in total. The molecule has 7 heteroatoms. The first-order valence-corrected chi connectivity index (χ1v) is 5.08. The van der Waals surface area contributed by atoms with E-state index < -0.39 is 36.9 Å². The van der Waals surface area contributed by atoms with Crippen molar-refractivity contribution in [1.29, 1.82) is 0 Å². The molecule has 2 aliphatic rings. The number of rotatable bonds is 2. The minimum absolute atomic E-state index is 0.0543. The topological polar surface area (TPSA) is 94.5 Å². The molecular formula is C9H14O7. The van der Waals surface area contributed by atoms with Crippen molar-refractivity contribution in [2.75, 3.05) is 13.2 Å². The van der Waals surface area contributed by atoms with E-state index in [1.165, 1.54) is 0 Å². The van der Waals surface area contributed by atoms with Crippen molar-refractivity contribution in [3.63, 3.8) is 0 Å². The van der Waals surface area contributed by atoms with Gasteiger partial charge in [-0.25, -0.2) is 4.79 Å². The zero-order valence-corrected chi connectivity index (χ0v) is 8.74. The van der Waals surface area contributed by atoms with Gasteiger partial charge in [-0.15, -0.1) is 0 Å². The Morgan fingerprint density at radius 3 is 2.88 bits per heavy atom. The third kappa shape index (κ3) is 2.04. The van der Waals surface area contributed by atoms with Crippen LogP contribution in [0.1, 0.15) is 6.92 Å². The smallest absolute Gasteiger partial charge is 0.363 e. The summed E-state index contributed by atoms with van der Waals surface area (Å²) in [5.74, 6) is -0.665. The summed E-state index contributed by atoms with van der Waals surface area (Å²) in [4.78, 5) is 11.3. The monoisotopic (exact) mass is 234 g/mol. The normalized spacial score (nSPS) is 42.8. The molecule has 7 nitrogen and oxygen atoms in total. The predicted molar refractivity (Wildman–Crippen MR) is 48.1 cm³/mol. The lowest BCUT2D eigenvalue weighted by molar-refractivity contribution is -0.212. The molecule has 2 rings (SSSR count). The Hall–Kier alpha value is -0.730. The highest BCUT2D eigenvalue weighted by atomic mass is 16.8. The van der Waals surface area contributed by atoms with Gasteiger partial charge >= 0.3 is 5.97 Å². The molecule has 0 saturated carbocycles. The number of aliphatic hydroxyl groups is 2. The summed E-state index contributed by atoms with van der Waals surface area (Å²) in [5, 5.41) is 18.9. The summed E-state index contributed by atoms with van der Waals surface area (Å²) in [5.41, 5.74) is 0. The van der Waals surface area contributed by atoms with Crippen LogP contribution in [-0.2, 0) is 23.7 Å². The summed E-state index contributed by atoms with van der Waals surface area (Å²) in [7, 11) is 0. The lowest BCUT2D eigenvalue weighted by Gasteiger charge is -2.31. The fourth-order valence-corrected chi connectivity index (χ4v) is 1.65. The van der Waals surface area contributed by atoms with E-state index in [-0.39, 0.29) is 13.2 Å². The third-order valence-electron chi connectivity index (χ3n) is 2.45. The lowest BCUT2D eigenvalue weighted by atomic mass is 10.1. The van der Waals surface area contributed by atoms with Crippen LogP contribution >= 0.6 is 0 Å². The standard InChI is InChI=1S/C9H14O7/c1-2-13-7(12)9-15-6-5(11)4(10)3-14-8(6)16-9/h4-6,8-11H,2-3H2,1H3. The molecule has 0 aromatic heterocycles. The Labute approximate surface area is 91.9 Å². The molecule has 0 amide bonds. The van der Waals surface area contributed by atoms with Crippen LogP contribution in [0.15, 0.2) is 0 Å². The van der Waals surface area contributed by atoms with Gasteiger partial charge in [-0.2, -0.15) is 0 Å². The Bertz CT molecular complexity index is 269. The van der Waals surface area contributed by atoms with E-state index in [0.717, 1.165) is 0 Å². The first-order valence-electron chi connectivity index (χ1n) is 5.08. The van der Waals surface area contributed by atoms with E-state index in [1.54, 1.807) is 6.92 Å². The predicted octanol–water partition coefficient (Wildman–Crippen LogP) is -1.63. The molecule has 0 aromatic rings. The number of ether oxygens (including phenoxy) is 4. The molecule has 2 aliphatic heterocycles. The van der Waals surface area contributed by atoms with Gasteiger partial charge < -0.3 is 29.2 Å². The molecule has 0 aromatic carbocycles. The van der Waals surface area contributed by atoms with Gasteiger partial charge in [0.25, 0.3) is 6.29 Å². The average Bonchev–Trinajstić information content (AvgIpc) is 2.69. The third-order valence-corrected chi connectivity index (χ3v) is 2.45. The van der Waals surface area contributed by atoms with Crippen LogP contribution in [0.4, 0.5) is 0 Å². The van der Waals surface area contributed by atoms with Crippen molar-refractivity contribution in [1.82, 2.24) is 0 Å². The van der Waals surface area contributed by atoms with Crippen molar-refractivity contribution in [3.8, 4) is 0 Å². The average molecular weight is 234 g/mol. The maximum Gasteiger partial charge on any atom is 0.363 e. The molecular weight excluding hydrogens is 220 g/mol. The second kappa shape index (κ2) is 4.64. The van der Waals surface area contributed by atoms with Gasteiger partial charge in [0.15, 0.2) is 6.29 Å². The Morgan fingerprint density at radius 2 is 2.19 bits per heavy atom. The highest BCUT2D eigenvalue weighted by Gasteiger charge is 2.49. The van der Waals surface area contributed by atoms with Gasteiger partial charge in [-0.05, 0) is 6.92 Å². The Balaban J connectivity index is 1.97. The largest absolute Gasteiger partial charge is 0.462 e.